The molecule has 1 aromatic rings. The van der Waals surface area contributed by atoms with E-state index >= 15 is 0 Å². The van der Waals surface area contributed by atoms with Crippen LogP contribution in [0, 0.1) is 0 Å². The number of amides is 2. The van der Waals surface area contributed by atoms with Crippen LogP contribution in [-0.2, 0) is 97.0 Å². The summed E-state index contributed by atoms with van der Waals surface area (Å²) in [6.45, 7) is 4.77. The summed E-state index contributed by atoms with van der Waals surface area (Å²) in [5, 5.41) is 2.54. The highest BCUT2D eigenvalue weighted by atomic mass is 16.8. The van der Waals surface area contributed by atoms with Gasteiger partial charge in [0.2, 0.25) is 0 Å². The summed E-state index contributed by atoms with van der Waals surface area (Å²) in [5.74, 6) is -5.26. The van der Waals surface area contributed by atoms with Crippen molar-refractivity contribution in [1.82, 2.24) is 5.32 Å². The standard InChI is InChI=1S/C37H50N2O21/c1-19(40)50-17-26-28(53-21(3)42)30(54-22(4)43)32(34(57-26)49-15-14-48-13-12-39-37(47)52-16-25-10-8-7-9-11-25)59-35-33(56-24(6)45)31(55-23(5)44)29(60-36(38)46)27(58-35)18-51-20(2)41/h7-11,26-35H,12-18H2,1-6H3,(H2,38,46)(H,39,47)/t26-,27+,28+,29+,30-,31-,32-,33-,34?,35+/m0/s1. The molecule has 2 aliphatic heterocycles. The quantitative estimate of drug-likeness (QED) is 0.0998. The number of nitrogens with one attached hydrogen (secondary N) is 1. The molecular formula is C37H50N2O21. The van der Waals surface area contributed by atoms with Gasteiger partial charge in [-0.25, -0.2) is 9.59 Å². The number of alkyl carbamates (subject to hydrolysis) is 1. The van der Waals surface area contributed by atoms with Gasteiger partial charge < -0.3 is 72.6 Å². The molecular weight excluding hydrogens is 808 g/mol. The molecule has 0 bridgehead atoms. The van der Waals surface area contributed by atoms with Crippen LogP contribution in [0.1, 0.15) is 47.1 Å². The highest BCUT2D eigenvalue weighted by molar-refractivity contribution is 5.69. The van der Waals surface area contributed by atoms with Gasteiger partial charge in [-0.3, -0.25) is 28.8 Å². The van der Waals surface area contributed by atoms with E-state index in [2.05, 4.69) is 5.32 Å². The Kier molecular flexibility index (Phi) is 19.9. The molecule has 3 N–H and O–H groups in total. The van der Waals surface area contributed by atoms with Gasteiger partial charge in [0.15, 0.2) is 49.2 Å². The molecule has 2 heterocycles. The van der Waals surface area contributed by atoms with Crippen LogP contribution in [0.2, 0.25) is 0 Å². The molecule has 2 amide bonds. The molecule has 1 aromatic carbocycles. The molecule has 2 fully saturated rings. The highest BCUT2D eigenvalue weighted by Crippen LogP contribution is 2.35. The number of esters is 6. The minimum absolute atomic E-state index is 0.00467. The van der Waals surface area contributed by atoms with Crippen LogP contribution in [0.5, 0.6) is 0 Å². The van der Waals surface area contributed by atoms with Crippen molar-refractivity contribution in [3.05, 3.63) is 35.9 Å². The maximum Gasteiger partial charge on any atom is 0.407 e. The molecule has 10 atom stereocenters. The van der Waals surface area contributed by atoms with Crippen molar-refractivity contribution in [3.8, 4) is 0 Å². The van der Waals surface area contributed by atoms with Gasteiger partial charge in [0.05, 0.1) is 19.8 Å². The monoisotopic (exact) mass is 858 g/mol. The van der Waals surface area contributed by atoms with E-state index in [0.717, 1.165) is 47.1 Å². The molecule has 0 saturated carbocycles. The van der Waals surface area contributed by atoms with Gasteiger partial charge in [0.1, 0.15) is 32.0 Å². The molecule has 60 heavy (non-hydrogen) atoms. The Morgan fingerprint density at radius 1 is 0.567 bits per heavy atom. The van der Waals surface area contributed by atoms with Crippen molar-refractivity contribution >= 4 is 48.0 Å². The number of hydrogen-bond acceptors (Lipinski definition) is 21. The lowest BCUT2D eigenvalue weighted by atomic mass is 9.96. The van der Waals surface area contributed by atoms with Crippen molar-refractivity contribution in [1.29, 1.82) is 0 Å². The van der Waals surface area contributed by atoms with Gasteiger partial charge >= 0.3 is 48.0 Å². The van der Waals surface area contributed by atoms with Crippen molar-refractivity contribution in [2.24, 2.45) is 5.73 Å². The Hall–Kier alpha value is -5.62. The first-order valence-corrected chi connectivity index (χ1v) is 18.5. The van der Waals surface area contributed by atoms with Crippen molar-refractivity contribution in [3.63, 3.8) is 0 Å². The van der Waals surface area contributed by atoms with Gasteiger partial charge in [-0.1, -0.05) is 30.3 Å². The molecule has 23 heteroatoms. The number of carbonyl (C=O) groups excluding carboxylic acids is 8. The van der Waals surface area contributed by atoms with Gasteiger partial charge in [-0.2, -0.15) is 0 Å². The molecule has 1 unspecified atom stereocenters. The number of primary amides is 1. The molecule has 0 aliphatic carbocycles. The van der Waals surface area contributed by atoms with Crippen LogP contribution in [0.4, 0.5) is 9.59 Å². The van der Waals surface area contributed by atoms with Crippen LogP contribution in [0.15, 0.2) is 30.3 Å². The van der Waals surface area contributed by atoms with Crippen molar-refractivity contribution in [2.45, 2.75) is 110 Å². The smallest absolute Gasteiger partial charge is 0.407 e. The summed E-state index contributed by atoms with van der Waals surface area (Å²) in [4.78, 5) is 97.6. The fourth-order valence-electron chi connectivity index (χ4n) is 5.87. The predicted octanol–water partition coefficient (Wildman–Crippen LogP) is 0.0979. The van der Waals surface area contributed by atoms with E-state index < -0.39 is 123 Å². The Morgan fingerprint density at radius 3 is 1.60 bits per heavy atom. The average molecular weight is 859 g/mol. The van der Waals surface area contributed by atoms with E-state index in [-0.39, 0.29) is 33.0 Å². The fourth-order valence-corrected chi connectivity index (χ4v) is 5.87. The zero-order valence-corrected chi connectivity index (χ0v) is 33.8. The maximum absolute atomic E-state index is 12.6. The van der Waals surface area contributed by atoms with Crippen LogP contribution in [0.25, 0.3) is 0 Å². The molecule has 2 aliphatic rings. The lowest BCUT2D eigenvalue weighted by Gasteiger charge is -2.48. The Bertz CT molecular complexity index is 1630. The van der Waals surface area contributed by atoms with E-state index in [1.807, 2.05) is 6.07 Å². The number of nitrogens with two attached hydrogens (primary N) is 1. The molecule has 334 valence electrons. The van der Waals surface area contributed by atoms with Crippen LogP contribution in [0.3, 0.4) is 0 Å². The largest absolute Gasteiger partial charge is 0.463 e. The number of carbonyl (C=O) groups is 8. The summed E-state index contributed by atoms with van der Waals surface area (Å²) in [5.41, 5.74) is 6.09. The average Bonchev–Trinajstić information content (AvgIpc) is 3.15. The minimum atomic E-state index is -1.88. The van der Waals surface area contributed by atoms with E-state index in [1.54, 1.807) is 24.3 Å². The number of benzene rings is 1. The van der Waals surface area contributed by atoms with Crippen LogP contribution >= 0.6 is 0 Å². The second-order valence-electron chi connectivity index (χ2n) is 13.0. The summed E-state index contributed by atoms with van der Waals surface area (Å²) in [7, 11) is 0. The first-order chi connectivity index (χ1) is 28.4. The van der Waals surface area contributed by atoms with E-state index in [9.17, 15) is 38.4 Å². The molecule has 2 saturated heterocycles. The van der Waals surface area contributed by atoms with Crippen molar-refractivity contribution < 1.29 is 99.9 Å². The maximum atomic E-state index is 12.6. The number of rotatable bonds is 20. The molecule has 23 nitrogen and oxygen atoms in total. The van der Waals surface area contributed by atoms with Gasteiger partial charge in [-0.15, -0.1) is 0 Å². The fraction of sp³-hybridized carbons (Fsp3) is 0.622. The second-order valence-corrected chi connectivity index (χ2v) is 13.0. The Labute approximate surface area is 343 Å². The molecule has 0 aromatic heterocycles. The zero-order valence-electron chi connectivity index (χ0n) is 33.8. The third-order valence-corrected chi connectivity index (χ3v) is 8.07. The normalized spacial score (nSPS) is 26.0. The zero-order chi connectivity index (χ0) is 44.4. The third-order valence-electron chi connectivity index (χ3n) is 8.07. The first kappa shape index (κ1) is 48.7. The highest BCUT2D eigenvalue weighted by Gasteiger charge is 2.57. The Balaban J connectivity index is 1.93. The van der Waals surface area contributed by atoms with Crippen LogP contribution < -0.4 is 11.1 Å². The number of hydrogen-bond donors (Lipinski definition) is 2. The lowest BCUT2D eigenvalue weighted by molar-refractivity contribution is -0.368. The van der Waals surface area contributed by atoms with Crippen LogP contribution in [-0.4, -0.2) is 149 Å². The summed E-state index contributed by atoms with van der Waals surface area (Å²) in [6, 6.07) is 9.03. The summed E-state index contributed by atoms with van der Waals surface area (Å²) in [6.07, 6.45) is -18.5. The van der Waals surface area contributed by atoms with E-state index in [4.69, 9.17) is 67.3 Å². The molecule has 3 rings (SSSR count). The van der Waals surface area contributed by atoms with Crippen molar-refractivity contribution in [2.75, 3.05) is 39.6 Å². The predicted molar refractivity (Wildman–Crippen MR) is 194 cm³/mol. The summed E-state index contributed by atoms with van der Waals surface area (Å²) >= 11 is 0. The van der Waals surface area contributed by atoms with Gasteiger partial charge in [0, 0.05) is 48.1 Å². The molecule has 0 radical (unpaired) electrons. The second kappa shape index (κ2) is 24.5. The minimum Gasteiger partial charge on any atom is -0.463 e. The number of ether oxygens (including phenoxy) is 13. The van der Waals surface area contributed by atoms with Gasteiger partial charge in [-0.05, 0) is 5.56 Å². The van der Waals surface area contributed by atoms with E-state index in [1.165, 1.54) is 0 Å². The first-order valence-electron chi connectivity index (χ1n) is 18.5. The topological polar surface area (TPSA) is 295 Å². The summed E-state index contributed by atoms with van der Waals surface area (Å²) < 4.78 is 72.6. The van der Waals surface area contributed by atoms with E-state index in [0.29, 0.717) is 0 Å². The molecule has 0 spiro atoms. The lowest BCUT2D eigenvalue weighted by Crippen LogP contribution is -2.67. The Morgan fingerprint density at radius 2 is 1.07 bits per heavy atom. The third kappa shape index (κ3) is 16.6. The van der Waals surface area contributed by atoms with Gasteiger partial charge in [0.25, 0.3) is 0 Å². The SMILES string of the molecule is CC(=O)OC[C@@H]1OC(OCCOCCNC(=O)OCc2ccccc2)[C@@H](O[C@H]2O[C@H](COC(C)=O)[C@@H](OC(N)=O)[C@H](OC(C)=O)[C@@H]2OC(C)=O)[C@@H](OC(C)=O)[C@@H]1OC(C)=O.